The van der Waals surface area contributed by atoms with Gasteiger partial charge in [-0.1, -0.05) is 12.1 Å². The van der Waals surface area contributed by atoms with Gasteiger partial charge < -0.3 is 9.72 Å². The molecule has 3 rings (SSSR count). The molecule has 7 nitrogen and oxygen atoms in total. The van der Waals surface area contributed by atoms with E-state index in [1.165, 1.54) is 4.57 Å². The zero-order valence-corrected chi connectivity index (χ0v) is 10.9. The van der Waals surface area contributed by atoms with E-state index >= 15 is 0 Å². The second-order valence-electron chi connectivity index (χ2n) is 4.30. The number of hydrogen-bond donors (Lipinski definition) is 2. The van der Waals surface area contributed by atoms with Crippen molar-refractivity contribution in [2.75, 3.05) is 7.11 Å². The van der Waals surface area contributed by atoms with Crippen LogP contribution in [0.15, 0.2) is 33.9 Å². The maximum Gasteiger partial charge on any atom is 0.329 e. The van der Waals surface area contributed by atoms with E-state index in [-0.39, 0.29) is 5.52 Å². The summed E-state index contributed by atoms with van der Waals surface area (Å²) in [7, 11) is 3.11. The Bertz CT molecular complexity index is 904. The molecular weight excluding hydrogens is 260 g/mol. The topological polar surface area (TPSA) is 92.8 Å². The Morgan fingerprint density at radius 3 is 2.70 bits per heavy atom. The summed E-state index contributed by atoms with van der Waals surface area (Å²) in [4.78, 5) is 32.8. The Kier molecular flexibility index (Phi) is 2.67. The van der Waals surface area contributed by atoms with Crippen molar-refractivity contribution in [2.24, 2.45) is 7.05 Å². The lowest BCUT2D eigenvalue weighted by atomic mass is 10.2. The summed E-state index contributed by atoms with van der Waals surface area (Å²) in [6.07, 6.45) is 0. The number of nitrogens with zero attached hydrogens (tertiary/aromatic N) is 2. The Morgan fingerprint density at radius 1 is 1.20 bits per heavy atom. The third kappa shape index (κ3) is 1.71. The van der Waals surface area contributed by atoms with Crippen LogP contribution in [0.1, 0.15) is 0 Å². The first-order valence-electron chi connectivity index (χ1n) is 5.94. The number of H-pyrrole nitrogens is 2. The summed E-state index contributed by atoms with van der Waals surface area (Å²) < 4.78 is 6.55. The largest absolute Gasteiger partial charge is 0.496 e. The molecule has 1 aromatic carbocycles. The zero-order chi connectivity index (χ0) is 14.3. The standard InChI is InChI=1S/C13H12N4O3/c1-17-11-9(12(18)16-13(17)19)14-10(15-11)7-5-3-4-6-8(7)20-2/h3-6H,1-2H3,(H,14,15)(H,16,18,19). The van der Waals surface area contributed by atoms with E-state index in [0.29, 0.717) is 17.2 Å². The third-order valence-corrected chi connectivity index (χ3v) is 3.12. The van der Waals surface area contributed by atoms with Crippen molar-refractivity contribution in [3.05, 3.63) is 45.1 Å². The van der Waals surface area contributed by atoms with Crippen LogP contribution in [-0.2, 0) is 7.05 Å². The lowest BCUT2D eigenvalue weighted by Crippen LogP contribution is -2.28. The highest BCUT2D eigenvalue weighted by Gasteiger charge is 2.14. The molecule has 2 N–H and O–H groups in total. The second-order valence-corrected chi connectivity index (χ2v) is 4.30. The number of rotatable bonds is 2. The van der Waals surface area contributed by atoms with E-state index < -0.39 is 11.2 Å². The Hall–Kier alpha value is -2.83. The Morgan fingerprint density at radius 2 is 1.95 bits per heavy atom. The minimum absolute atomic E-state index is 0.257. The monoisotopic (exact) mass is 272 g/mol. The van der Waals surface area contributed by atoms with Gasteiger partial charge in [-0.3, -0.25) is 14.3 Å². The van der Waals surface area contributed by atoms with Gasteiger partial charge in [0.25, 0.3) is 5.56 Å². The molecule has 0 fully saturated rings. The molecule has 0 aliphatic heterocycles. The van der Waals surface area contributed by atoms with Gasteiger partial charge in [-0.25, -0.2) is 9.78 Å². The fourth-order valence-corrected chi connectivity index (χ4v) is 2.07. The fraction of sp³-hybridized carbons (Fsp3) is 0.154. The van der Waals surface area contributed by atoms with Gasteiger partial charge in [0.15, 0.2) is 5.65 Å². The molecule has 0 spiro atoms. The van der Waals surface area contributed by atoms with E-state index in [0.717, 1.165) is 5.56 Å². The summed E-state index contributed by atoms with van der Waals surface area (Å²) in [5.74, 6) is 1.11. The average Bonchev–Trinajstić information content (AvgIpc) is 2.90. The smallest absolute Gasteiger partial charge is 0.329 e. The normalized spacial score (nSPS) is 10.9. The Labute approximate surface area is 112 Å². The van der Waals surface area contributed by atoms with E-state index in [2.05, 4.69) is 15.0 Å². The molecule has 0 aliphatic carbocycles. The maximum atomic E-state index is 11.8. The van der Waals surface area contributed by atoms with Crippen molar-refractivity contribution in [3.8, 4) is 17.1 Å². The van der Waals surface area contributed by atoms with Gasteiger partial charge >= 0.3 is 5.69 Å². The minimum atomic E-state index is -0.499. The summed E-state index contributed by atoms with van der Waals surface area (Å²) >= 11 is 0. The highest BCUT2D eigenvalue weighted by atomic mass is 16.5. The minimum Gasteiger partial charge on any atom is -0.496 e. The lowest BCUT2D eigenvalue weighted by Gasteiger charge is -2.04. The second kappa shape index (κ2) is 4.37. The van der Waals surface area contributed by atoms with Crippen LogP contribution in [0.5, 0.6) is 5.75 Å². The van der Waals surface area contributed by atoms with Gasteiger partial charge in [0.05, 0.1) is 12.7 Å². The van der Waals surface area contributed by atoms with Crippen molar-refractivity contribution >= 4 is 11.2 Å². The Balaban J connectivity index is 2.34. The van der Waals surface area contributed by atoms with E-state index in [1.807, 2.05) is 18.2 Å². The van der Waals surface area contributed by atoms with Crippen LogP contribution in [0.25, 0.3) is 22.6 Å². The molecule has 0 saturated carbocycles. The van der Waals surface area contributed by atoms with Crippen LogP contribution in [-0.4, -0.2) is 26.6 Å². The summed E-state index contributed by atoms with van der Waals surface area (Å²) in [6.45, 7) is 0. The zero-order valence-electron chi connectivity index (χ0n) is 10.9. The van der Waals surface area contributed by atoms with E-state index in [4.69, 9.17) is 4.74 Å². The van der Waals surface area contributed by atoms with Gasteiger partial charge in [0, 0.05) is 7.05 Å². The van der Waals surface area contributed by atoms with Gasteiger partial charge in [-0.05, 0) is 12.1 Å². The quantitative estimate of drug-likeness (QED) is 0.715. The molecule has 0 saturated heterocycles. The molecule has 0 radical (unpaired) electrons. The van der Waals surface area contributed by atoms with E-state index in [9.17, 15) is 9.59 Å². The molecule has 7 heteroatoms. The number of aromatic nitrogens is 4. The van der Waals surface area contributed by atoms with Crippen molar-refractivity contribution in [2.45, 2.75) is 0 Å². The summed E-state index contributed by atoms with van der Waals surface area (Å²) in [5.41, 5.74) is 0.294. The molecule has 0 bridgehead atoms. The molecule has 3 aromatic rings. The van der Waals surface area contributed by atoms with Crippen LogP contribution in [0.4, 0.5) is 0 Å². The number of ether oxygens (including phenoxy) is 1. The molecule has 0 unspecified atom stereocenters. The van der Waals surface area contributed by atoms with Crippen molar-refractivity contribution in [3.63, 3.8) is 0 Å². The van der Waals surface area contributed by atoms with Gasteiger partial charge in [0.2, 0.25) is 0 Å². The number of imidazole rings is 1. The summed E-state index contributed by atoms with van der Waals surface area (Å²) in [5, 5.41) is 0. The van der Waals surface area contributed by atoms with Crippen LogP contribution < -0.4 is 16.0 Å². The van der Waals surface area contributed by atoms with Gasteiger partial charge in [-0.15, -0.1) is 0 Å². The molecule has 2 aromatic heterocycles. The molecule has 0 aliphatic rings. The average molecular weight is 272 g/mol. The van der Waals surface area contributed by atoms with E-state index in [1.54, 1.807) is 20.2 Å². The molecule has 0 atom stereocenters. The molecule has 20 heavy (non-hydrogen) atoms. The lowest BCUT2D eigenvalue weighted by molar-refractivity contribution is 0.416. The number of aryl methyl sites for hydroxylation is 1. The van der Waals surface area contributed by atoms with Crippen molar-refractivity contribution < 1.29 is 4.74 Å². The first-order valence-corrected chi connectivity index (χ1v) is 5.94. The molecule has 102 valence electrons. The number of fused-ring (bicyclic) bond motifs is 1. The fourth-order valence-electron chi connectivity index (χ4n) is 2.07. The third-order valence-electron chi connectivity index (χ3n) is 3.12. The first-order chi connectivity index (χ1) is 9.61. The number of benzene rings is 1. The number of para-hydroxylation sites is 1. The SMILES string of the molecule is COc1ccccc1-c1nc2c([nH]1)c(=O)[nH]c(=O)n2C. The molecule has 2 heterocycles. The van der Waals surface area contributed by atoms with Crippen LogP contribution in [0, 0.1) is 0 Å². The van der Waals surface area contributed by atoms with Gasteiger partial charge in [-0.2, -0.15) is 0 Å². The first kappa shape index (κ1) is 12.2. The van der Waals surface area contributed by atoms with Crippen LogP contribution >= 0.6 is 0 Å². The number of methoxy groups -OCH3 is 1. The van der Waals surface area contributed by atoms with Crippen LogP contribution in [0.3, 0.4) is 0 Å². The number of hydrogen-bond acceptors (Lipinski definition) is 4. The number of aromatic amines is 2. The maximum absolute atomic E-state index is 11.8. The summed E-state index contributed by atoms with van der Waals surface area (Å²) in [6, 6.07) is 7.30. The van der Waals surface area contributed by atoms with Crippen molar-refractivity contribution in [1.82, 2.24) is 19.5 Å². The predicted octanol–water partition coefficient (Wildman–Crippen LogP) is 0.625. The van der Waals surface area contributed by atoms with Crippen LogP contribution in [0.2, 0.25) is 0 Å². The van der Waals surface area contributed by atoms with Gasteiger partial charge in [0.1, 0.15) is 17.1 Å². The number of nitrogens with one attached hydrogen (secondary N) is 2. The highest BCUT2D eigenvalue weighted by molar-refractivity contribution is 5.77. The molecule has 0 amide bonds. The predicted molar refractivity (Wildman–Crippen MR) is 73.9 cm³/mol. The highest BCUT2D eigenvalue weighted by Crippen LogP contribution is 2.27. The molecular formula is C13H12N4O3. The van der Waals surface area contributed by atoms with Crippen molar-refractivity contribution in [1.29, 1.82) is 0 Å².